The number of methoxy groups -OCH3 is 2. The molecule has 0 aliphatic carbocycles. The van der Waals surface area contributed by atoms with Crippen LogP contribution in [0, 0.1) is 0 Å². The molecule has 0 fully saturated rings. The first-order chi connectivity index (χ1) is 20.1. The molecule has 1 aromatic carbocycles. The van der Waals surface area contributed by atoms with Gasteiger partial charge in [-0.3, -0.25) is 4.68 Å². The van der Waals surface area contributed by atoms with E-state index in [9.17, 15) is 18.0 Å². The lowest BCUT2D eigenvalue weighted by molar-refractivity contribution is -0.144. The molecule has 4 aromatic rings. The van der Waals surface area contributed by atoms with Gasteiger partial charge in [-0.05, 0) is 37.2 Å². The summed E-state index contributed by atoms with van der Waals surface area (Å²) in [6, 6.07) is 6.49. The number of para-hydroxylation sites is 1. The van der Waals surface area contributed by atoms with Crippen molar-refractivity contribution in [1.82, 2.24) is 24.7 Å². The van der Waals surface area contributed by atoms with E-state index in [1.165, 1.54) is 32.9 Å². The van der Waals surface area contributed by atoms with Gasteiger partial charge in [-0.1, -0.05) is 32.9 Å². The van der Waals surface area contributed by atoms with E-state index in [1.807, 2.05) is 0 Å². The molecule has 9 nitrogen and oxygen atoms in total. The van der Waals surface area contributed by atoms with E-state index in [4.69, 9.17) is 13.9 Å². The summed E-state index contributed by atoms with van der Waals surface area (Å²) >= 11 is 0. The van der Waals surface area contributed by atoms with E-state index in [0.29, 0.717) is 22.4 Å². The van der Waals surface area contributed by atoms with Crippen molar-refractivity contribution in [3.8, 4) is 39.4 Å². The summed E-state index contributed by atoms with van der Waals surface area (Å²) in [7, 11) is 0.417. The third-order valence-electron chi connectivity index (χ3n) is 7.74. The zero-order chi connectivity index (χ0) is 31.7. The van der Waals surface area contributed by atoms with Crippen LogP contribution in [0.3, 0.4) is 0 Å². The van der Waals surface area contributed by atoms with Gasteiger partial charge in [-0.2, -0.15) is 18.3 Å². The van der Waals surface area contributed by atoms with E-state index in [2.05, 4.69) is 53.9 Å². The molecule has 0 saturated carbocycles. The van der Waals surface area contributed by atoms with E-state index in [1.54, 1.807) is 37.4 Å². The molecule has 4 rings (SSSR count). The Morgan fingerprint density at radius 1 is 1.09 bits per heavy atom. The van der Waals surface area contributed by atoms with Crippen molar-refractivity contribution >= 4 is 14.3 Å². The van der Waals surface area contributed by atoms with Crippen molar-refractivity contribution in [2.75, 3.05) is 14.2 Å². The van der Waals surface area contributed by atoms with Gasteiger partial charge in [0.25, 0.3) is 0 Å². The molecule has 13 heteroatoms. The highest BCUT2D eigenvalue weighted by Crippen LogP contribution is 2.46. The number of aromatic amines is 1. The smallest absolute Gasteiger partial charge is 0.433 e. The van der Waals surface area contributed by atoms with Gasteiger partial charge < -0.3 is 18.9 Å². The quantitative estimate of drug-likeness (QED) is 0.157. The Balaban J connectivity index is 1.90. The zero-order valence-electron chi connectivity index (χ0n) is 25.5. The molecule has 0 unspecified atom stereocenters. The number of hydrogen-bond acceptors (Lipinski definition) is 7. The Bertz CT molecular complexity index is 1590. The van der Waals surface area contributed by atoms with Crippen LogP contribution in [0.15, 0.2) is 49.2 Å². The standard InChI is InChI=1S/C30H36F3N5O4Si/c1-18(42-43(7,8)29(2,3)4)16-38-27(30(31,32)33)22(15-37-38)25-24(23-12-13-34-17-36-23)21(14-35-25)19-10-9-11-20(26(19)40-5)28(39)41-6/h9-15,17-18,35H,16H2,1-8H3/t18-/m1/s1. The Labute approximate surface area is 249 Å². The number of benzene rings is 1. The molecule has 3 heterocycles. The molecule has 0 radical (unpaired) electrons. The maximum Gasteiger partial charge on any atom is 0.433 e. The summed E-state index contributed by atoms with van der Waals surface area (Å²) in [4.78, 5) is 23.8. The van der Waals surface area contributed by atoms with E-state index >= 15 is 0 Å². The lowest BCUT2D eigenvalue weighted by Crippen LogP contribution is -2.44. The van der Waals surface area contributed by atoms with Crippen molar-refractivity contribution in [2.24, 2.45) is 0 Å². The van der Waals surface area contributed by atoms with E-state index in [-0.39, 0.29) is 34.2 Å². The first-order valence-electron chi connectivity index (χ1n) is 13.6. The average molecular weight is 616 g/mol. The molecule has 3 aromatic heterocycles. The van der Waals surface area contributed by atoms with Crippen molar-refractivity contribution in [3.63, 3.8) is 0 Å². The van der Waals surface area contributed by atoms with Crippen LogP contribution >= 0.6 is 0 Å². The fourth-order valence-electron chi connectivity index (χ4n) is 4.76. The molecule has 0 aliphatic rings. The predicted octanol–water partition coefficient (Wildman–Crippen LogP) is 7.23. The number of hydrogen-bond donors (Lipinski definition) is 1. The molecule has 1 atom stereocenters. The van der Waals surface area contributed by atoms with Crippen LogP contribution in [0.25, 0.3) is 33.6 Å². The number of aromatic nitrogens is 5. The van der Waals surface area contributed by atoms with Crippen molar-refractivity contribution in [2.45, 2.75) is 64.7 Å². The third-order valence-corrected chi connectivity index (χ3v) is 12.3. The molecular weight excluding hydrogens is 579 g/mol. The Hall–Kier alpha value is -3.97. The number of nitrogens with one attached hydrogen (secondary N) is 1. The largest absolute Gasteiger partial charge is 0.495 e. The number of H-pyrrole nitrogens is 1. The lowest BCUT2D eigenvalue weighted by Gasteiger charge is -2.38. The average Bonchev–Trinajstić information content (AvgIpc) is 3.56. The summed E-state index contributed by atoms with van der Waals surface area (Å²) in [5.41, 5.74) is 0.882. The first kappa shape index (κ1) is 32.0. The Morgan fingerprint density at radius 2 is 1.81 bits per heavy atom. The number of carbonyl (C=O) groups excluding carboxylic acids is 1. The minimum absolute atomic E-state index is 0.0905. The normalized spacial score (nSPS) is 13.2. The van der Waals surface area contributed by atoms with Crippen molar-refractivity contribution in [3.05, 3.63) is 60.4 Å². The van der Waals surface area contributed by atoms with Gasteiger partial charge in [0, 0.05) is 34.6 Å². The van der Waals surface area contributed by atoms with Gasteiger partial charge >= 0.3 is 12.1 Å². The minimum Gasteiger partial charge on any atom is -0.495 e. The predicted molar refractivity (Wildman–Crippen MR) is 159 cm³/mol. The second-order valence-electron chi connectivity index (χ2n) is 11.7. The first-order valence-corrected chi connectivity index (χ1v) is 16.6. The fourth-order valence-corrected chi connectivity index (χ4v) is 6.19. The van der Waals surface area contributed by atoms with Gasteiger partial charge in [0.05, 0.1) is 44.5 Å². The summed E-state index contributed by atoms with van der Waals surface area (Å²) in [5.74, 6) is -0.411. The monoisotopic (exact) mass is 615 g/mol. The zero-order valence-corrected chi connectivity index (χ0v) is 26.5. The molecule has 0 spiro atoms. The van der Waals surface area contributed by atoms with Gasteiger partial charge in [0.2, 0.25) is 0 Å². The molecule has 43 heavy (non-hydrogen) atoms. The maximum absolute atomic E-state index is 14.8. The highest BCUT2D eigenvalue weighted by Gasteiger charge is 2.42. The van der Waals surface area contributed by atoms with Crippen LogP contribution in [-0.2, 0) is 21.9 Å². The molecule has 0 saturated heterocycles. The highest BCUT2D eigenvalue weighted by molar-refractivity contribution is 6.74. The van der Waals surface area contributed by atoms with Gasteiger partial charge in [-0.25, -0.2) is 14.8 Å². The number of ether oxygens (including phenoxy) is 2. The molecule has 0 aliphatic heterocycles. The number of esters is 1. The lowest BCUT2D eigenvalue weighted by atomic mass is 9.95. The highest BCUT2D eigenvalue weighted by atomic mass is 28.4. The minimum atomic E-state index is -4.74. The number of halogens is 3. The summed E-state index contributed by atoms with van der Waals surface area (Å²) < 4.78 is 62.1. The van der Waals surface area contributed by atoms with Crippen molar-refractivity contribution in [1.29, 1.82) is 0 Å². The van der Waals surface area contributed by atoms with Gasteiger partial charge in [0.1, 0.15) is 17.6 Å². The van der Waals surface area contributed by atoms with Crippen LogP contribution in [0.5, 0.6) is 5.75 Å². The number of nitrogens with zero attached hydrogens (tertiary/aromatic N) is 4. The third kappa shape index (κ3) is 6.37. The topological polar surface area (TPSA) is 104 Å². The number of carbonyl (C=O) groups is 1. The summed E-state index contributed by atoms with van der Waals surface area (Å²) in [6.45, 7) is 12.0. The maximum atomic E-state index is 14.8. The second kappa shape index (κ2) is 12.0. The van der Waals surface area contributed by atoms with Crippen molar-refractivity contribution < 1.29 is 31.9 Å². The van der Waals surface area contributed by atoms with Crippen LogP contribution in [0.4, 0.5) is 13.2 Å². The number of rotatable bonds is 9. The van der Waals surface area contributed by atoms with Gasteiger partial charge in [-0.15, -0.1) is 0 Å². The Morgan fingerprint density at radius 3 is 2.40 bits per heavy atom. The number of alkyl halides is 3. The molecule has 0 bridgehead atoms. The SMILES string of the molecule is COC(=O)c1cccc(-c2c[nH]c(-c3cnn(C[C@@H](C)O[Si](C)(C)C(C)(C)C)c3C(F)(F)F)c2-c2ccncn2)c1OC. The molecule has 0 amide bonds. The van der Waals surface area contributed by atoms with Gasteiger partial charge in [0.15, 0.2) is 14.0 Å². The second-order valence-corrected chi connectivity index (χ2v) is 16.5. The van der Waals surface area contributed by atoms with Crippen LogP contribution in [0.2, 0.25) is 18.1 Å². The fraction of sp³-hybridized carbons (Fsp3) is 0.400. The van der Waals surface area contributed by atoms with E-state index in [0.717, 1.165) is 4.68 Å². The van der Waals surface area contributed by atoms with E-state index < -0.39 is 32.3 Å². The van der Waals surface area contributed by atoms with Crippen LogP contribution < -0.4 is 4.74 Å². The summed E-state index contributed by atoms with van der Waals surface area (Å²) in [6.07, 6.45) is 0.321. The molecule has 1 N–H and O–H groups in total. The summed E-state index contributed by atoms with van der Waals surface area (Å²) in [5, 5.41) is 4.08. The molecular formula is C30H36F3N5O4Si. The van der Waals surface area contributed by atoms with Crippen LogP contribution in [0.1, 0.15) is 43.7 Å². The Kier molecular flexibility index (Phi) is 8.89. The molecule has 230 valence electrons. The van der Waals surface area contributed by atoms with Crippen LogP contribution in [-0.4, -0.2) is 59.3 Å².